The molecule has 14 nitrogen and oxygen atoms in total. The van der Waals surface area contributed by atoms with E-state index in [1.54, 1.807) is 67.6 Å². The number of halogens is 32. The molecule has 0 unspecified atom stereocenters. The molecule has 0 radical (unpaired) electrons. The van der Waals surface area contributed by atoms with Gasteiger partial charge >= 0.3 is 127 Å². The average molecular weight is 2180 g/mol. The Morgan fingerprint density at radius 1 is 0.301 bits per heavy atom. The first-order valence-electron chi connectivity index (χ1n) is 38.6. The molecule has 0 atom stereocenters. The Balaban J connectivity index is 0.000000277. The second kappa shape index (κ2) is 46.7. The van der Waals surface area contributed by atoms with Gasteiger partial charge in [-0.1, -0.05) is 96.3 Å². The summed E-state index contributed by atoms with van der Waals surface area (Å²) < 4.78 is 540. The van der Waals surface area contributed by atoms with Gasteiger partial charge < -0.3 is 48.5 Å². The monoisotopic (exact) mass is 2170 g/mol. The molecule has 146 heavy (non-hydrogen) atoms. The molecule has 14 aromatic rings. The van der Waals surface area contributed by atoms with E-state index >= 15 is 35.1 Å². The quantitative estimate of drug-likeness (QED) is 0.0126. The van der Waals surface area contributed by atoms with Crippen molar-refractivity contribution in [3.8, 4) is 132 Å². The average Bonchev–Trinajstić information content (AvgIpc) is 0.713. The third-order valence-corrected chi connectivity index (χ3v) is 22.0. The van der Waals surface area contributed by atoms with E-state index < -0.39 is 272 Å². The van der Waals surface area contributed by atoms with Crippen molar-refractivity contribution in [3.05, 3.63) is 374 Å². The number of aryl methyl sites for hydroxylation is 1. The molecule has 754 valence electrons. The minimum atomic E-state index is -6.11. The maximum atomic E-state index is 15.7. The first kappa shape index (κ1) is 119. The van der Waals surface area contributed by atoms with Crippen molar-refractivity contribution in [2.45, 2.75) is 52.2 Å². The molecule has 0 saturated carbocycles. The fourth-order valence-corrected chi connectivity index (χ4v) is 14.8. The van der Waals surface area contributed by atoms with E-state index in [0.29, 0.717) is 94.5 Å². The van der Waals surface area contributed by atoms with Crippen LogP contribution in [0.25, 0.3) is 44.5 Å². The first-order chi connectivity index (χ1) is 67.0. The molecular weight excluding hydrogens is 2130 g/mol. The molecule has 0 amide bonds. The van der Waals surface area contributed by atoms with E-state index in [2.05, 4.69) is 11.8 Å². The number of benzene rings is 14. The van der Waals surface area contributed by atoms with E-state index in [0.717, 1.165) is 79.4 Å². The van der Waals surface area contributed by atoms with Crippen LogP contribution in [0.5, 0.6) is 63.2 Å². The normalized spacial score (nSPS) is 11.7. The Morgan fingerprint density at radius 2 is 0.610 bits per heavy atom. The van der Waals surface area contributed by atoms with Crippen LogP contribution in [0.4, 0.5) is 140 Å². The molecule has 0 spiro atoms. The molecule has 14 rings (SSSR count). The number of phenols is 4. The van der Waals surface area contributed by atoms with Crippen molar-refractivity contribution in [3.63, 3.8) is 0 Å². The third-order valence-electron chi connectivity index (χ3n) is 20.3. The van der Waals surface area contributed by atoms with Gasteiger partial charge in [0, 0.05) is 34.4 Å². The van der Waals surface area contributed by atoms with Crippen LogP contribution in [0.15, 0.2) is 228 Å². The fraction of sp³-hybridized carbons (Fsp3) is 0.0833. The van der Waals surface area contributed by atoms with Crippen LogP contribution in [-0.2, 0) is 31.1 Å². The Kier molecular flexibility index (Phi) is 37.9. The summed E-state index contributed by atoms with van der Waals surface area (Å²) >= 11 is 0. The Hall–Kier alpha value is -12.5. The molecule has 0 aliphatic heterocycles. The van der Waals surface area contributed by atoms with Crippen molar-refractivity contribution in [1.82, 2.24) is 0 Å². The van der Waals surface area contributed by atoms with Crippen molar-refractivity contribution >= 4 is 20.2 Å². The Bertz CT molecular complexity index is 7320. The number of hydrogen-bond acceptors (Lipinski definition) is 14. The van der Waals surface area contributed by atoms with Crippen LogP contribution in [-0.4, -0.2) is 78.2 Å². The molecule has 0 aromatic heterocycles. The van der Waals surface area contributed by atoms with Crippen molar-refractivity contribution in [2.75, 3.05) is 7.11 Å². The number of phenolic OH excluding ortho intramolecular Hbond substituents is 4. The molecule has 0 fully saturated rings. The molecule has 0 bridgehead atoms. The van der Waals surface area contributed by atoms with Crippen LogP contribution >= 0.6 is 0 Å². The van der Waals surface area contributed by atoms with Crippen molar-refractivity contribution < 1.29 is 309 Å². The Morgan fingerprint density at radius 3 is 0.945 bits per heavy atom. The molecule has 0 saturated heterocycles. The zero-order chi connectivity index (χ0) is 107. The molecule has 0 aliphatic rings. The molecule has 4 N–H and O–H groups in total. The SMILES string of the molecule is C#Cc1ccc(-c2cc(C)ccc2Oc2ccc(Oc3c(F)c(F)c(-c4c(F)c(F)c(Oc5ccc(C(c6ccc(OC)cc6)(C(F)(F)F)C(F)(F)F)cc5)c(F)c4F)c(F)c3F)c(S(=O)(=O)[O-])c2)cc1.C#Cc1ccc(-c2cc(F)ccc2F)cc1.Fc1c(F)c(F)c(-c2c(F)c(F)c(F)c(F)c2F)c(F)c1F.O=S(=O)([O-])c1cc(O)ccc1O.Oc1ccc(C(c2ccc(O)cc2)(C(F)(F)F)C(F)(F)F)cc1.[K+].[K+]. The van der Waals surface area contributed by atoms with Gasteiger partial charge in [0.25, 0.3) is 0 Å². The van der Waals surface area contributed by atoms with Gasteiger partial charge in [0.1, 0.15) is 88.5 Å². The summed E-state index contributed by atoms with van der Waals surface area (Å²) in [5.41, 5.74) is -19.7. The van der Waals surface area contributed by atoms with E-state index in [1.165, 1.54) is 12.1 Å². The minimum absolute atomic E-state index is 0. The molecule has 14 aromatic carbocycles. The summed E-state index contributed by atoms with van der Waals surface area (Å²) in [4.78, 5) is -2.24. The predicted molar refractivity (Wildman–Crippen MR) is 441 cm³/mol. The number of hydrogen-bond donors (Lipinski definition) is 4. The van der Waals surface area contributed by atoms with Gasteiger partial charge in [-0.05, 0) is 168 Å². The Labute approximate surface area is 886 Å². The summed E-state index contributed by atoms with van der Waals surface area (Å²) in [6.07, 6.45) is -13.0. The fourth-order valence-electron chi connectivity index (χ4n) is 13.5. The zero-order valence-electron chi connectivity index (χ0n) is 72.7. The zero-order valence-corrected chi connectivity index (χ0v) is 80.6. The van der Waals surface area contributed by atoms with Crippen molar-refractivity contribution in [2.24, 2.45) is 0 Å². The van der Waals surface area contributed by atoms with Gasteiger partial charge in [-0.25, -0.2) is 87.1 Å². The first-order valence-corrected chi connectivity index (χ1v) is 41.5. The van der Waals surface area contributed by atoms with Crippen LogP contribution in [0.2, 0.25) is 0 Å². The second-order valence-electron chi connectivity index (χ2n) is 29.2. The maximum Gasteiger partial charge on any atom is 1.00 e. The minimum Gasteiger partial charge on any atom is -0.744 e. The molecule has 0 aliphatic carbocycles. The smallest absolute Gasteiger partial charge is 0.744 e. The van der Waals surface area contributed by atoms with Crippen LogP contribution in [0.1, 0.15) is 38.9 Å². The standard InChI is InChI=1S/C49H26F14O7S.C15H10F6O2.C14H8F2.C12F10.C6H6O5S.2K/c1-4-24-6-8-25(9-7-24)31-21-23(2)5-19-32(31)68-30-18-20-33(34(22-30)71(64,65)66)70-46-43(56)39(52)36(40(53)44(46)57)35-37(50)41(54)45(42(55)38(35)51)69-29-16-12-27(13-17-29)47(48(58,59)60,49(61,62)63)26-10-14-28(67-3)15-11-26;16-14(17,18)13(15(19,20)21,9-1-5-11(22)6-2-9)10-3-7-12(23)8-4-10;1-2-10-3-5-11(6-4-10)13-9-12(15)7-8-14(13)16;13-3-1(4(14)8(18)11(21)7(3)17)2-5(15)9(19)12(22)10(20)6(2)16;7-4-1-2-5(8)6(3-4)12(9,10)11;;/h1,5-22H,2-3H3,(H,64,65,66);1-8,22-23H;1,3-9H;;1-3,7-8H,(H,9,10,11);;/q;;;;;2*+1/p-2. The summed E-state index contributed by atoms with van der Waals surface area (Å²) in [5.74, 6) is -53.7. The summed E-state index contributed by atoms with van der Waals surface area (Å²) in [6.45, 7) is 1.74. The number of aromatic hydroxyl groups is 4. The van der Waals surface area contributed by atoms with Crippen LogP contribution in [0, 0.1) is 148 Å². The number of methoxy groups -OCH3 is 1. The van der Waals surface area contributed by atoms with Gasteiger partial charge in [0.15, 0.2) is 69.8 Å². The van der Waals surface area contributed by atoms with Crippen LogP contribution < -0.4 is 122 Å². The van der Waals surface area contributed by atoms with E-state index in [-0.39, 0.29) is 138 Å². The van der Waals surface area contributed by atoms with Gasteiger partial charge in [-0.2, -0.15) is 70.2 Å². The number of rotatable bonds is 17. The molecule has 50 heteroatoms. The summed E-state index contributed by atoms with van der Waals surface area (Å²) in [5, 5.41) is 35.9. The predicted octanol–water partition coefficient (Wildman–Crippen LogP) is 21.0. The van der Waals surface area contributed by atoms with Gasteiger partial charge in [-0.3, -0.25) is 0 Å². The van der Waals surface area contributed by atoms with Gasteiger partial charge in [0.2, 0.25) is 57.2 Å². The summed E-state index contributed by atoms with van der Waals surface area (Å²) in [7, 11) is -9.35. The topological polar surface area (TPSA) is 232 Å². The van der Waals surface area contributed by atoms with E-state index in [9.17, 15) is 131 Å². The largest absolute Gasteiger partial charge is 1.00 e. The number of ether oxygens (including phenoxy) is 4. The molecular formula is C96H48F32K2O14S2. The number of alkyl halides is 12. The van der Waals surface area contributed by atoms with E-state index in [4.69, 9.17) is 52.2 Å². The van der Waals surface area contributed by atoms with Crippen molar-refractivity contribution in [1.29, 1.82) is 0 Å². The maximum absolute atomic E-state index is 15.7. The second-order valence-corrected chi connectivity index (χ2v) is 31.9. The van der Waals surface area contributed by atoms with Gasteiger partial charge in [-0.15, -0.1) is 12.8 Å². The van der Waals surface area contributed by atoms with Gasteiger partial charge in [0.05, 0.1) is 34.3 Å². The number of terminal acetylenes is 2. The summed E-state index contributed by atoms with van der Waals surface area (Å²) in [6, 6.07) is 34.9. The van der Waals surface area contributed by atoms with Crippen LogP contribution in [0.3, 0.4) is 0 Å². The molecule has 0 heterocycles. The third kappa shape index (κ3) is 24.6. The van der Waals surface area contributed by atoms with E-state index in [1.807, 2.05) is 0 Å².